The second kappa shape index (κ2) is 4.72. The average Bonchev–Trinajstić information content (AvgIpc) is 2.65. The standard InChI is InChI=1S/C16H20BNO3/c1-15(2)16(3,4)21-17(20-15)13-10-18-14(19-5)12-9-7-6-8-11(12)13/h6-10H,1-5H3/i5D3,10D. The van der Waals surface area contributed by atoms with Gasteiger partial charge in [-0.15, -0.1) is 0 Å². The second-order valence-electron chi connectivity index (χ2n) is 6.18. The Labute approximate surface area is 131 Å². The van der Waals surface area contributed by atoms with E-state index in [1.165, 1.54) is 0 Å². The summed E-state index contributed by atoms with van der Waals surface area (Å²) in [6.45, 7) is 7.72. The highest BCUT2D eigenvalue weighted by Crippen LogP contribution is 2.37. The number of benzene rings is 1. The molecule has 110 valence electrons. The molecule has 0 saturated carbocycles. The summed E-state index contributed by atoms with van der Waals surface area (Å²) in [7, 11) is -3.41. The largest absolute Gasteiger partial charge is 0.497 e. The number of pyridine rings is 1. The first-order chi connectivity index (χ1) is 11.4. The van der Waals surface area contributed by atoms with Crippen molar-refractivity contribution >= 4 is 23.4 Å². The summed E-state index contributed by atoms with van der Waals surface area (Å²) in [5.41, 5.74) is -0.648. The Morgan fingerprint density at radius 1 is 1.14 bits per heavy atom. The normalized spacial score (nSPS) is 23.3. The van der Waals surface area contributed by atoms with Crippen LogP contribution in [-0.4, -0.2) is 30.3 Å². The van der Waals surface area contributed by atoms with E-state index in [9.17, 15) is 0 Å². The third kappa shape index (κ3) is 2.21. The summed E-state index contributed by atoms with van der Waals surface area (Å²) < 4.78 is 47.3. The van der Waals surface area contributed by atoms with E-state index in [0.29, 0.717) is 16.2 Å². The Morgan fingerprint density at radius 3 is 2.38 bits per heavy atom. The van der Waals surface area contributed by atoms with Crippen LogP contribution in [0.2, 0.25) is 0 Å². The molecule has 0 N–H and O–H groups in total. The van der Waals surface area contributed by atoms with Gasteiger partial charge in [0, 0.05) is 17.0 Å². The summed E-state index contributed by atoms with van der Waals surface area (Å²) in [6, 6.07) is 7.04. The molecule has 1 aromatic carbocycles. The predicted octanol–water partition coefficient (Wildman–Crippen LogP) is 2.54. The number of methoxy groups -OCH3 is 1. The Morgan fingerprint density at radius 2 is 1.76 bits per heavy atom. The van der Waals surface area contributed by atoms with E-state index in [0.717, 1.165) is 0 Å². The molecule has 1 aliphatic heterocycles. The molecule has 0 bridgehead atoms. The van der Waals surface area contributed by atoms with Crippen molar-refractivity contribution in [3.63, 3.8) is 0 Å². The average molecular weight is 289 g/mol. The quantitative estimate of drug-likeness (QED) is 0.797. The van der Waals surface area contributed by atoms with Gasteiger partial charge in [0.25, 0.3) is 0 Å². The third-order valence-corrected chi connectivity index (χ3v) is 4.31. The number of fused-ring (bicyclic) bond motifs is 1. The number of rotatable bonds is 2. The van der Waals surface area contributed by atoms with Crippen molar-refractivity contribution in [2.75, 3.05) is 7.04 Å². The number of nitrogens with zero attached hydrogens (tertiary/aromatic N) is 1. The molecule has 0 spiro atoms. The molecule has 1 aromatic heterocycles. The van der Waals surface area contributed by atoms with Crippen molar-refractivity contribution < 1.29 is 19.5 Å². The Kier molecular flexibility index (Phi) is 2.29. The molecule has 2 heterocycles. The fourth-order valence-electron chi connectivity index (χ4n) is 2.35. The molecule has 0 amide bonds. The van der Waals surface area contributed by atoms with Gasteiger partial charge in [-0.1, -0.05) is 18.2 Å². The number of ether oxygens (including phenoxy) is 1. The van der Waals surface area contributed by atoms with Crippen molar-refractivity contribution in [3.05, 3.63) is 30.4 Å². The molecular weight excluding hydrogens is 265 g/mol. The van der Waals surface area contributed by atoms with Crippen molar-refractivity contribution in [2.24, 2.45) is 0 Å². The lowest BCUT2D eigenvalue weighted by atomic mass is 9.77. The fourth-order valence-corrected chi connectivity index (χ4v) is 2.35. The van der Waals surface area contributed by atoms with E-state index in [1.807, 2.05) is 27.7 Å². The molecule has 0 atom stereocenters. The molecule has 0 unspecified atom stereocenters. The SMILES string of the molecule is [2H]c1nc(OC([2H])([2H])[2H])c2ccccc2c1B1OC(C)(C)C(C)(C)O1. The van der Waals surface area contributed by atoms with Gasteiger partial charge in [0.15, 0.2) is 0 Å². The second-order valence-corrected chi connectivity index (χ2v) is 6.18. The van der Waals surface area contributed by atoms with Crippen molar-refractivity contribution in [1.82, 2.24) is 4.98 Å². The number of aromatic nitrogens is 1. The van der Waals surface area contributed by atoms with Crippen LogP contribution in [-0.2, 0) is 9.31 Å². The van der Waals surface area contributed by atoms with Crippen LogP contribution < -0.4 is 10.2 Å². The van der Waals surface area contributed by atoms with Crippen LogP contribution in [0, 0.1) is 0 Å². The number of hydrogen-bond donors (Lipinski definition) is 0. The molecule has 4 nitrogen and oxygen atoms in total. The first-order valence-corrected chi connectivity index (χ1v) is 6.85. The molecule has 2 aromatic rings. The van der Waals surface area contributed by atoms with Crippen molar-refractivity contribution in [1.29, 1.82) is 0 Å². The smallest absolute Gasteiger partial charge is 0.481 e. The Balaban J connectivity index is 2.15. The van der Waals surface area contributed by atoms with Crippen LogP contribution in [0.3, 0.4) is 0 Å². The molecule has 1 fully saturated rings. The van der Waals surface area contributed by atoms with E-state index in [4.69, 9.17) is 19.5 Å². The third-order valence-electron chi connectivity index (χ3n) is 4.31. The van der Waals surface area contributed by atoms with Gasteiger partial charge < -0.3 is 14.0 Å². The van der Waals surface area contributed by atoms with Crippen LogP contribution in [0.5, 0.6) is 5.88 Å². The topological polar surface area (TPSA) is 40.6 Å². The highest BCUT2D eigenvalue weighted by Gasteiger charge is 2.52. The molecular formula is C16H20BNO3. The summed E-state index contributed by atoms with van der Waals surface area (Å²) >= 11 is 0. The first-order valence-electron chi connectivity index (χ1n) is 8.85. The number of hydrogen-bond acceptors (Lipinski definition) is 4. The Hall–Kier alpha value is -1.59. The summed E-state index contributed by atoms with van der Waals surface area (Å²) in [4.78, 5) is 4.05. The highest BCUT2D eigenvalue weighted by molar-refractivity contribution is 6.65. The lowest BCUT2D eigenvalue weighted by molar-refractivity contribution is 0.00578. The van der Waals surface area contributed by atoms with Crippen LogP contribution in [0.15, 0.2) is 30.4 Å². The van der Waals surface area contributed by atoms with Crippen LogP contribution in [0.1, 0.15) is 33.2 Å². The maximum Gasteiger partial charge on any atom is 0.497 e. The van der Waals surface area contributed by atoms with E-state index >= 15 is 0 Å². The van der Waals surface area contributed by atoms with Gasteiger partial charge in [-0.2, -0.15) is 0 Å². The van der Waals surface area contributed by atoms with E-state index in [1.54, 1.807) is 24.3 Å². The van der Waals surface area contributed by atoms with Gasteiger partial charge in [0.2, 0.25) is 5.88 Å². The minimum atomic E-state index is -2.64. The van der Waals surface area contributed by atoms with Crippen LogP contribution in [0.4, 0.5) is 0 Å². The molecule has 5 heteroatoms. The zero-order valence-corrected chi connectivity index (χ0v) is 12.6. The minimum Gasteiger partial charge on any atom is -0.481 e. The van der Waals surface area contributed by atoms with Gasteiger partial charge in [-0.3, -0.25) is 0 Å². The van der Waals surface area contributed by atoms with E-state index < -0.39 is 25.4 Å². The highest BCUT2D eigenvalue weighted by atomic mass is 16.7. The molecule has 0 radical (unpaired) electrons. The summed E-state index contributed by atoms with van der Waals surface area (Å²) in [5, 5.41) is 1.12. The molecule has 0 aliphatic carbocycles. The Bertz CT molecular complexity index is 807. The van der Waals surface area contributed by atoms with E-state index in [-0.39, 0.29) is 12.1 Å². The van der Waals surface area contributed by atoms with Crippen molar-refractivity contribution in [2.45, 2.75) is 38.9 Å². The summed E-state index contributed by atoms with van der Waals surface area (Å²) in [5.74, 6) is -0.0964. The lowest BCUT2D eigenvalue weighted by Crippen LogP contribution is -2.41. The van der Waals surface area contributed by atoms with Crippen LogP contribution >= 0.6 is 0 Å². The molecule has 1 saturated heterocycles. The van der Waals surface area contributed by atoms with Gasteiger partial charge in [-0.05, 0) is 39.1 Å². The zero-order valence-electron chi connectivity index (χ0n) is 16.6. The van der Waals surface area contributed by atoms with Gasteiger partial charge >= 0.3 is 7.12 Å². The van der Waals surface area contributed by atoms with Crippen molar-refractivity contribution in [3.8, 4) is 5.88 Å². The predicted molar refractivity (Wildman–Crippen MR) is 84.0 cm³/mol. The molecule has 1 aliphatic rings. The van der Waals surface area contributed by atoms with Crippen LogP contribution in [0.25, 0.3) is 10.8 Å². The molecule has 3 rings (SSSR count). The van der Waals surface area contributed by atoms with Gasteiger partial charge in [0.1, 0.15) is 0 Å². The minimum absolute atomic E-state index is 0.0964. The lowest BCUT2D eigenvalue weighted by Gasteiger charge is -2.32. The van der Waals surface area contributed by atoms with Gasteiger partial charge in [0.05, 0.1) is 23.7 Å². The summed E-state index contributed by atoms with van der Waals surface area (Å²) in [6.07, 6.45) is -0.128. The zero-order chi connectivity index (χ0) is 18.6. The maximum absolute atomic E-state index is 8.29. The fraction of sp³-hybridized carbons (Fsp3) is 0.438. The van der Waals surface area contributed by atoms with Gasteiger partial charge in [-0.25, -0.2) is 4.98 Å². The maximum atomic E-state index is 8.29. The monoisotopic (exact) mass is 289 g/mol. The first kappa shape index (κ1) is 10.2. The van der Waals surface area contributed by atoms with E-state index in [2.05, 4.69) is 4.98 Å². The molecule has 21 heavy (non-hydrogen) atoms.